The Morgan fingerprint density at radius 3 is 1.68 bits per heavy atom. The molecular weight excluding hydrogens is 408 g/mol. The van der Waals surface area contributed by atoms with E-state index in [1.54, 1.807) is 0 Å². The second-order valence-corrected chi connectivity index (χ2v) is 11.5. The molecule has 0 rings (SSSR count). The predicted molar refractivity (Wildman–Crippen MR) is 98.6 cm³/mol. The van der Waals surface area contributed by atoms with Crippen molar-refractivity contribution in [2.75, 3.05) is 39.2 Å². The first-order chi connectivity index (χ1) is 12.3. The molecule has 0 saturated carbocycles. The summed E-state index contributed by atoms with van der Waals surface area (Å²) < 4.78 is 103. The second kappa shape index (κ2) is 10.00. The Bertz CT molecular complexity index is 562. The molecule has 0 spiro atoms. The monoisotopic (exact) mass is 442 g/mol. The van der Waals surface area contributed by atoms with Crippen molar-refractivity contribution < 1.29 is 39.2 Å². The van der Waals surface area contributed by atoms with E-state index in [-0.39, 0.29) is 24.3 Å². The first-order valence-corrected chi connectivity index (χ1v) is 11.2. The van der Waals surface area contributed by atoms with Gasteiger partial charge in [-0.3, -0.25) is 0 Å². The Morgan fingerprint density at radius 1 is 0.821 bits per heavy atom. The minimum atomic E-state index is -4.74. The molecule has 170 valence electrons. The van der Waals surface area contributed by atoms with E-state index in [9.17, 15) is 34.8 Å². The van der Waals surface area contributed by atoms with Crippen LogP contribution in [0.4, 0.5) is 26.3 Å². The van der Waals surface area contributed by atoms with Crippen LogP contribution in [-0.2, 0) is 9.84 Å². The number of halogens is 6. The highest BCUT2D eigenvalue weighted by Crippen LogP contribution is 2.46. The van der Waals surface area contributed by atoms with Crippen LogP contribution in [-0.4, -0.2) is 64.4 Å². The van der Waals surface area contributed by atoms with Crippen molar-refractivity contribution in [3.05, 3.63) is 0 Å². The molecule has 0 aromatic rings. The molecule has 1 unspecified atom stereocenters. The van der Waals surface area contributed by atoms with Gasteiger partial charge in [0.05, 0.1) is 50.5 Å². The third-order valence-corrected chi connectivity index (χ3v) is 6.60. The summed E-state index contributed by atoms with van der Waals surface area (Å²) in [7, 11) is 2.62. The van der Waals surface area contributed by atoms with Gasteiger partial charge in [-0.1, -0.05) is 20.3 Å². The second-order valence-electron chi connectivity index (χ2n) is 9.19. The van der Waals surface area contributed by atoms with E-state index in [1.165, 1.54) is 0 Å². The van der Waals surface area contributed by atoms with E-state index in [0.717, 1.165) is 26.8 Å². The topological polar surface area (TPSA) is 34.1 Å². The van der Waals surface area contributed by atoms with Gasteiger partial charge in [-0.15, -0.1) is 0 Å². The van der Waals surface area contributed by atoms with Crippen LogP contribution in [0.2, 0.25) is 0 Å². The van der Waals surface area contributed by atoms with E-state index in [4.69, 9.17) is 0 Å². The van der Waals surface area contributed by atoms with Gasteiger partial charge in [0.1, 0.15) is 9.84 Å². The van der Waals surface area contributed by atoms with Crippen molar-refractivity contribution in [1.82, 2.24) is 0 Å². The molecule has 0 aromatic heterocycles. The lowest BCUT2D eigenvalue weighted by Gasteiger charge is -2.32. The molecular formula is C18H34F6NO2S+. The third kappa shape index (κ3) is 11.5. The van der Waals surface area contributed by atoms with Gasteiger partial charge >= 0.3 is 12.4 Å². The fourth-order valence-electron chi connectivity index (χ4n) is 2.84. The van der Waals surface area contributed by atoms with Crippen LogP contribution >= 0.6 is 0 Å². The molecule has 0 fully saturated rings. The zero-order valence-corrected chi connectivity index (χ0v) is 18.2. The average molecular weight is 443 g/mol. The molecule has 3 nitrogen and oxygen atoms in total. The number of hydrogen-bond donors (Lipinski definition) is 0. The molecule has 0 aliphatic heterocycles. The summed E-state index contributed by atoms with van der Waals surface area (Å²) in [6, 6.07) is 0. The minimum Gasteiger partial charge on any atom is -0.331 e. The molecule has 0 aliphatic rings. The van der Waals surface area contributed by atoms with E-state index in [2.05, 4.69) is 0 Å². The highest BCUT2D eigenvalue weighted by atomic mass is 32.2. The smallest absolute Gasteiger partial charge is 0.331 e. The Kier molecular flexibility index (Phi) is 9.82. The number of alkyl halides is 6. The van der Waals surface area contributed by atoms with Crippen LogP contribution in [0.5, 0.6) is 0 Å². The Hall–Kier alpha value is -0.510. The van der Waals surface area contributed by atoms with Gasteiger partial charge in [-0.25, -0.2) is 8.42 Å². The maximum atomic E-state index is 13.1. The van der Waals surface area contributed by atoms with Crippen LogP contribution < -0.4 is 0 Å². The summed E-state index contributed by atoms with van der Waals surface area (Å²) in [6.45, 7) is 2.33. The van der Waals surface area contributed by atoms with Crippen LogP contribution in [0, 0.1) is 11.3 Å². The summed E-state index contributed by atoms with van der Waals surface area (Å²) >= 11 is 0. The van der Waals surface area contributed by atoms with Crippen molar-refractivity contribution >= 4 is 9.84 Å². The van der Waals surface area contributed by atoms with Crippen LogP contribution in [0.25, 0.3) is 0 Å². The summed E-state index contributed by atoms with van der Waals surface area (Å²) in [5, 5.41) is 0. The van der Waals surface area contributed by atoms with Gasteiger partial charge in [0.15, 0.2) is 0 Å². The summed E-state index contributed by atoms with van der Waals surface area (Å²) in [5.74, 6) is -2.35. The number of hydrogen-bond acceptors (Lipinski definition) is 2. The molecule has 1 atom stereocenters. The first-order valence-electron chi connectivity index (χ1n) is 9.41. The van der Waals surface area contributed by atoms with Gasteiger partial charge in [-0.2, -0.15) is 26.3 Å². The van der Waals surface area contributed by atoms with Crippen molar-refractivity contribution in [1.29, 1.82) is 0 Å². The highest BCUT2D eigenvalue weighted by molar-refractivity contribution is 7.91. The SMILES string of the molecule is CC(C)(CC(CCCCS(=O)(=O)CCCC[N+](C)(C)C)C(F)(F)F)C(F)(F)F. The lowest BCUT2D eigenvalue weighted by atomic mass is 9.80. The predicted octanol–water partition coefficient (Wildman–Crippen LogP) is 5.22. The quantitative estimate of drug-likeness (QED) is 0.236. The highest BCUT2D eigenvalue weighted by Gasteiger charge is 2.52. The number of rotatable bonds is 12. The fourth-order valence-corrected chi connectivity index (χ4v) is 4.33. The van der Waals surface area contributed by atoms with Crippen molar-refractivity contribution in [3.63, 3.8) is 0 Å². The molecule has 0 bridgehead atoms. The number of sulfone groups is 1. The average Bonchev–Trinajstić information content (AvgIpc) is 2.43. The molecule has 28 heavy (non-hydrogen) atoms. The van der Waals surface area contributed by atoms with Crippen molar-refractivity contribution in [2.45, 2.75) is 64.7 Å². The zero-order valence-electron chi connectivity index (χ0n) is 17.4. The molecule has 0 aromatic carbocycles. The zero-order chi connectivity index (χ0) is 22.4. The Morgan fingerprint density at radius 2 is 1.29 bits per heavy atom. The molecule has 0 N–H and O–H groups in total. The third-order valence-electron chi connectivity index (χ3n) is 4.78. The van der Waals surface area contributed by atoms with E-state index >= 15 is 0 Å². The molecule has 0 saturated heterocycles. The summed E-state index contributed by atoms with van der Waals surface area (Å²) in [6.07, 6.45) is -9.86. The fraction of sp³-hybridized carbons (Fsp3) is 1.00. The van der Waals surface area contributed by atoms with Crippen LogP contribution in [0.1, 0.15) is 52.4 Å². The lowest BCUT2D eigenvalue weighted by Crippen LogP contribution is -2.37. The lowest BCUT2D eigenvalue weighted by molar-refractivity contribution is -0.870. The van der Waals surface area contributed by atoms with Gasteiger partial charge in [-0.05, 0) is 32.1 Å². The normalized spacial score (nSPS) is 15.7. The van der Waals surface area contributed by atoms with Crippen molar-refractivity contribution in [3.8, 4) is 0 Å². The number of nitrogens with zero attached hydrogens (tertiary/aromatic N) is 1. The molecule has 0 amide bonds. The number of unbranched alkanes of at least 4 members (excludes halogenated alkanes) is 2. The van der Waals surface area contributed by atoms with Crippen LogP contribution in [0.15, 0.2) is 0 Å². The Labute approximate surface area is 165 Å². The summed E-state index contributed by atoms with van der Waals surface area (Å²) in [4.78, 5) is 0. The van der Waals surface area contributed by atoms with E-state index in [0.29, 0.717) is 10.9 Å². The van der Waals surface area contributed by atoms with Gasteiger partial charge in [0.25, 0.3) is 0 Å². The number of quaternary nitrogens is 1. The Balaban J connectivity index is 4.51. The van der Waals surface area contributed by atoms with E-state index < -0.39 is 46.4 Å². The molecule has 0 radical (unpaired) electrons. The van der Waals surface area contributed by atoms with Crippen molar-refractivity contribution in [2.24, 2.45) is 11.3 Å². The van der Waals surface area contributed by atoms with Gasteiger partial charge in [0.2, 0.25) is 0 Å². The van der Waals surface area contributed by atoms with Crippen LogP contribution in [0.3, 0.4) is 0 Å². The van der Waals surface area contributed by atoms with E-state index in [1.807, 2.05) is 21.1 Å². The van der Waals surface area contributed by atoms with Gasteiger partial charge in [0, 0.05) is 0 Å². The first kappa shape index (κ1) is 27.5. The maximum Gasteiger partial charge on any atom is 0.393 e. The minimum absolute atomic E-state index is 0.0171. The molecule has 0 heterocycles. The largest absolute Gasteiger partial charge is 0.393 e. The van der Waals surface area contributed by atoms with Gasteiger partial charge < -0.3 is 4.48 Å². The molecule has 10 heteroatoms. The molecule has 0 aliphatic carbocycles. The standard InChI is InChI=1S/C18H34F6NO2S/c1-16(2,18(22,23)24)14-15(17(19,20)21)10-6-8-12-28(26,27)13-9-7-11-25(3,4)5/h15H,6-14H2,1-5H3/q+1. The summed E-state index contributed by atoms with van der Waals surface area (Å²) in [5.41, 5.74) is -2.45. The maximum absolute atomic E-state index is 13.1.